The van der Waals surface area contributed by atoms with Crippen molar-refractivity contribution in [1.82, 2.24) is 4.90 Å². The molecule has 2 aromatic carbocycles. The number of nitrogens with zero attached hydrogens (tertiary/aromatic N) is 1. The number of rotatable bonds is 4. The van der Waals surface area contributed by atoms with Crippen LogP contribution in [0, 0.1) is 0 Å². The van der Waals surface area contributed by atoms with E-state index in [2.05, 4.69) is 31.9 Å². The first kappa shape index (κ1) is 19.4. The molecule has 0 radical (unpaired) electrons. The zero-order valence-corrected chi connectivity index (χ0v) is 18.3. The Kier molecular flexibility index (Phi) is 6.06. The van der Waals surface area contributed by atoms with Crippen LogP contribution in [0.2, 0.25) is 0 Å². The summed E-state index contributed by atoms with van der Waals surface area (Å²) in [7, 11) is 1.47. The summed E-state index contributed by atoms with van der Waals surface area (Å²) in [5, 5.41) is 10.4. The summed E-state index contributed by atoms with van der Waals surface area (Å²) >= 11 is 13.4. The van der Waals surface area contributed by atoms with Crippen molar-refractivity contribution < 1.29 is 14.6 Å². The quantitative estimate of drug-likeness (QED) is 0.441. The number of aromatic hydroxyl groups is 1. The Morgan fingerprint density at radius 1 is 1.31 bits per heavy atom. The molecule has 1 saturated heterocycles. The summed E-state index contributed by atoms with van der Waals surface area (Å²) in [4.78, 5) is 14.8. The molecule has 0 atom stereocenters. The van der Waals surface area contributed by atoms with Crippen LogP contribution >= 0.6 is 55.8 Å². The normalized spacial score (nSPS) is 15.8. The summed E-state index contributed by atoms with van der Waals surface area (Å²) in [6.07, 6.45) is 1.62. The van der Waals surface area contributed by atoms with Crippen LogP contribution in [0.1, 0.15) is 11.1 Å². The fourth-order valence-electron chi connectivity index (χ4n) is 2.43. The van der Waals surface area contributed by atoms with E-state index >= 15 is 0 Å². The maximum Gasteiger partial charge on any atom is 0.266 e. The number of phenols is 1. The van der Waals surface area contributed by atoms with Crippen LogP contribution in [-0.2, 0) is 11.3 Å². The number of methoxy groups -OCH3 is 1. The molecular weight excluding hydrogens is 502 g/mol. The van der Waals surface area contributed by atoms with Crippen molar-refractivity contribution in [3.8, 4) is 11.5 Å². The molecule has 26 heavy (non-hydrogen) atoms. The summed E-state index contributed by atoms with van der Waals surface area (Å²) < 4.78 is 7.00. The number of halogens is 2. The molecule has 4 nitrogen and oxygen atoms in total. The highest BCUT2D eigenvalue weighted by Crippen LogP contribution is 2.43. The zero-order valence-electron chi connectivity index (χ0n) is 13.5. The van der Waals surface area contributed by atoms with Gasteiger partial charge in [0, 0.05) is 14.5 Å². The molecule has 1 aliphatic rings. The standard InChI is InChI=1S/C18H13Br2NO3S2/c1-24-13-8-12(19)15(20)11(16(13)22)7-14-17(23)21(18(25)26-14)9-10-5-3-2-4-6-10/h2-8,22H,9H2,1H3/b14-7+. The molecule has 8 heteroatoms. The minimum Gasteiger partial charge on any atom is -0.504 e. The fourth-order valence-corrected chi connectivity index (χ4v) is 4.51. The maximum absolute atomic E-state index is 12.8. The van der Waals surface area contributed by atoms with E-state index in [9.17, 15) is 9.90 Å². The summed E-state index contributed by atoms with van der Waals surface area (Å²) in [6, 6.07) is 11.3. The monoisotopic (exact) mass is 513 g/mol. The molecule has 1 heterocycles. The predicted molar refractivity (Wildman–Crippen MR) is 115 cm³/mol. The Bertz CT molecular complexity index is 916. The summed E-state index contributed by atoms with van der Waals surface area (Å²) in [5.41, 5.74) is 1.45. The Labute approximate surface area is 177 Å². The molecule has 2 aromatic rings. The van der Waals surface area contributed by atoms with E-state index in [1.807, 2.05) is 30.3 Å². The molecule has 134 valence electrons. The van der Waals surface area contributed by atoms with Crippen molar-refractivity contribution in [2.75, 3.05) is 7.11 Å². The van der Waals surface area contributed by atoms with Gasteiger partial charge in [0.1, 0.15) is 4.32 Å². The Hall–Kier alpha value is -1.35. The van der Waals surface area contributed by atoms with Crippen LogP contribution in [0.25, 0.3) is 6.08 Å². The van der Waals surface area contributed by atoms with Gasteiger partial charge in [-0.1, -0.05) is 54.3 Å². The van der Waals surface area contributed by atoms with Gasteiger partial charge in [-0.25, -0.2) is 0 Å². The van der Waals surface area contributed by atoms with E-state index < -0.39 is 0 Å². The number of benzene rings is 2. The lowest BCUT2D eigenvalue weighted by Crippen LogP contribution is -2.27. The van der Waals surface area contributed by atoms with Crippen molar-refractivity contribution in [2.24, 2.45) is 0 Å². The van der Waals surface area contributed by atoms with Gasteiger partial charge in [-0.2, -0.15) is 0 Å². The SMILES string of the molecule is COc1cc(Br)c(Br)c(/C=C2/SC(=S)N(Cc3ccccc3)C2=O)c1O. The number of carbonyl (C=O) groups is 1. The van der Waals surface area contributed by atoms with Crippen molar-refractivity contribution in [1.29, 1.82) is 0 Å². The summed E-state index contributed by atoms with van der Waals surface area (Å²) in [6.45, 7) is 0.414. The van der Waals surface area contributed by atoms with Crippen molar-refractivity contribution >= 4 is 72.1 Å². The average Bonchev–Trinajstić information content (AvgIpc) is 2.90. The molecule has 1 N–H and O–H groups in total. The number of thioether (sulfide) groups is 1. The minimum absolute atomic E-state index is 0.0455. The highest BCUT2D eigenvalue weighted by Gasteiger charge is 2.32. The second-order valence-electron chi connectivity index (χ2n) is 5.39. The molecule has 3 rings (SSSR count). The van der Waals surface area contributed by atoms with E-state index in [0.29, 0.717) is 36.0 Å². The van der Waals surface area contributed by atoms with Crippen LogP contribution in [0.4, 0.5) is 0 Å². The van der Waals surface area contributed by atoms with Crippen LogP contribution in [0.15, 0.2) is 50.2 Å². The van der Waals surface area contributed by atoms with Gasteiger partial charge < -0.3 is 9.84 Å². The van der Waals surface area contributed by atoms with Crippen LogP contribution in [-0.4, -0.2) is 27.3 Å². The van der Waals surface area contributed by atoms with Crippen LogP contribution in [0.5, 0.6) is 11.5 Å². The topological polar surface area (TPSA) is 49.8 Å². The molecule has 1 fully saturated rings. The lowest BCUT2D eigenvalue weighted by molar-refractivity contribution is -0.122. The van der Waals surface area contributed by atoms with Gasteiger partial charge in [-0.15, -0.1) is 0 Å². The third kappa shape index (κ3) is 3.83. The smallest absolute Gasteiger partial charge is 0.266 e. The first-order chi connectivity index (χ1) is 12.4. The van der Waals surface area contributed by atoms with Gasteiger partial charge in [0.15, 0.2) is 11.5 Å². The second-order valence-corrected chi connectivity index (χ2v) is 8.71. The Morgan fingerprint density at radius 2 is 2.00 bits per heavy atom. The highest BCUT2D eigenvalue weighted by molar-refractivity contribution is 9.13. The fraction of sp³-hybridized carbons (Fsp3) is 0.111. The number of hydrogen-bond acceptors (Lipinski definition) is 5. The van der Waals surface area contributed by atoms with Crippen LogP contribution < -0.4 is 4.74 Å². The molecule has 0 spiro atoms. The average molecular weight is 515 g/mol. The molecule has 0 bridgehead atoms. The molecule has 1 amide bonds. The van der Waals surface area contributed by atoms with E-state index in [4.69, 9.17) is 17.0 Å². The molecule has 0 aliphatic carbocycles. The number of amides is 1. The van der Waals surface area contributed by atoms with E-state index in [0.717, 1.165) is 5.56 Å². The first-order valence-corrected chi connectivity index (χ1v) is 10.3. The number of phenolic OH excluding ortho intramolecular Hbond substituents is 1. The lowest BCUT2D eigenvalue weighted by Gasteiger charge is -2.14. The predicted octanol–water partition coefficient (Wildman–Crippen LogP) is 5.33. The van der Waals surface area contributed by atoms with E-state index in [1.54, 1.807) is 17.0 Å². The molecule has 0 unspecified atom stereocenters. The zero-order chi connectivity index (χ0) is 18.8. The number of carbonyl (C=O) groups excluding carboxylic acids is 1. The Balaban J connectivity index is 1.95. The van der Waals surface area contributed by atoms with Crippen LogP contribution in [0.3, 0.4) is 0 Å². The van der Waals surface area contributed by atoms with Gasteiger partial charge in [0.2, 0.25) is 0 Å². The number of ether oxygens (including phenoxy) is 1. The first-order valence-electron chi connectivity index (χ1n) is 7.46. The van der Waals surface area contributed by atoms with Gasteiger partial charge in [-0.3, -0.25) is 9.69 Å². The lowest BCUT2D eigenvalue weighted by atomic mass is 10.1. The Morgan fingerprint density at radius 3 is 2.65 bits per heavy atom. The largest absolute Gasteiger partial charge is 0.504 e. The number of thiocarbonyl (C=S) groups is 1. The van der Waals surface area contributed by atoms with E-state index in [1.165, 1.54) is 18.9 Å². The summed E-state index contributed by atoms with van der Waals surface area (Å²) in [5.74, 6) is 0.0797. The van der Waals surface area contributed by atoms with Gasteiger partial charge in [0.25, 0.3) is 5.91 Å². The highest BCUT2D eigenvalue weighted by atomic mass is 79.9. The molecule has 1 aliphatic heterocycles. The third-order valence-corrected chi connectivity index (χ3v) is 7.13. The number of hydrogen-bond donors (Lipinski definition) is 1. The second kappa shape index (κ2) is 8.12. The minimum atomic E-state index is -0.186. The maximum atomic E-state index is 12.8. The van der Waals surface area contributed by atoms with Gasteiger partial charge in [0.05, 0.1) is 18.6 Å². The van der Waals surface area contributed by atoms with Gasteiger partial charge in [-0.05, 0) is 49.6 Å². The van der Waals surface area contributed by atoms with Crippen molar-refractivity contribution in [2.45, 2.75) is 6.54 Å². The van der Waals surface area contributed by atoms with E-state index in [-0.39, 0.29) is 11.7 Å². The van der Waals surface area contributed by atoms with Crippen molar-refractivity contribution in [3.05, 3.63) is 61.4 Å². The van der Waals surface area contributed by atoms with Gasteiger partial charge >= 0.3 is 0 Å². The molecule has 0 aromatic heterocycles. The van der Waals surface area contributed by atoms with Crippen molar-refractivity contribution in [3.63, 3.8) is 0 Å². The molecular formula is C18H13Br2NO3S2. The third-order valence-electron chi connectivity index (χ3n) is 3.74. The molecule has 0 saturated carbocycles.